The molecule has 1 fully saturated rings. The first kappa shape index (κ1) is 11.9. The third kappa shape index (κ3) is 1.72. The molecular weight excluding hydrogens is 254 g/mol. The number of ether oxygens (including phenoxy) is 2. The molecule has 3 atom stereocenters. The van der Waals surface area contributed by atoms with Crippen molar-refractivity contribution in [1.82, 2.24) is 0 Å². The molecule has 2 aliphatic heterocycles. The smallest absolute Gasteiger partial charge is 0.126 e. The van der Waals surface area contributed by atoms with Gasteiger partial charge in [-0.3, -0.25) is 0 Å². The number of benzene rings is 1. The van der Waals surface area contributed by atoms with Crippen LogP contribution in [0, 0.1) is 5.92 Å². The van der Waals surface area contributed by atoms with Gasteiger partial charge in [0.2, 0.25) is 0 Å². The maximum absolute atomic E-state index is 5.97. The number of anilines is 1. The Morgan fingerprint density at radius 1 is 1.30 bits per heavy atom. The van der Waals surface area contributed by atoms with E-state index < -0.39 is 0 Å². The highest BCUT2D eigenvalue weighted by atomic mass is 16.5. The van der Waals surface area contributed by atoms with Crippen molar-refractivity contribution in [2.24, 2.45) is 5.92 Å². The van der Waals surface area contributed by atoms with E-state index in [9.17, 15) is 0 Å². The van der Waals surface area contributed by atoms with Crippen molar-refractivity contribution in [3.05, 3.63) is 47.9 Å². The normalized spacial score (nSPS) is 27.6. The van der Waals surface area contributed by atoms with Crippen molar-refractivity contribution in [1.29, 1.82) is 0 Å². The zero-order valence-corrected chi connectivity index (χ0v) is 11.3. The fraction of sp³-hybridized carbons (Fsp3) is 0.375. The second-order valence-corrected chi connectivity index (χ2v) is 5.33. The van der Waals surface area contributed by atoms with Crippen molar-refractivity contribution >= 4 is 5.69 Å². The molecule has 0 bridgehead atoms. The lowest BCUT2D eigenvalue weighted by Gasteiger charge is -2.35. The Bertz CT molecular complexity index is 608. The Morgan fingerprint density at radius 2 is 2.25 bits per heavy atom. The monoisotopic (exact) mass is 271 g/mol. The molecule has 0 saturated carbocycles. The number of fused-ring (bicyclic) bond motifs is 3. The maximum atomic E-state index is 5.97. The summed E-state index contributed by atoms with van der Waals surface area (Å²) in [7, 11) is 1.69. The Morgan fingerprint density at radius 3 is 3.05 bits per heavy atom. The quantitative estimate of drug-likeness (QED) is 0.907. The van der Waals surface area contributed by atoms with Gasteiger partial charge in [0, 0.05) is 23.8 Å². The lowest BCUT2D eigenvalue weighted by Crippen LogP contribution is -2.28. The molecule has 0 amide bonds. The first-order valence-electron chi connectivity index (χ1n) is 6.96. The van der Waals surface area contributed by atoms with E-state index in [2.05, 4.69) is 17.4 Å². The SMILES string of the molecule is COc1ccc2c(c1)[C@@H]1OCC[C@@H]1[C@@H](c1ccco1)N2. The molecule has 20 heavy (non-hydrogen) atoms. The Labute approximate surface area is 117 Å². The van der Waals surface area contributed by atoms with Crippen LogP contribution in [-0.4, -0.2) is 13.7 Å². The van der Waals surface area contributed by atoms with E-state index in [1.807, 2.05) is 18.2 Å². The van der Waals surface area contributed by atoms with E-state index in [0.717, 1.165) is 30.2 Å². The standard InChI is InChI=1S/C16H17NO3/c1-18-10-4-5-13-12(9-10)16-11(6-8-20-16)15(17-13)14-3-2-7-19-14/h2-5,7,9,11,15-17H,6,8H2,1H3/t11-,15+,16-/m1/s1. The number of hydrogen-bond acceptors (Lipinski definition) is 4. The second kappa shape index (κ2) is 4.56. The topological polar surface area (TPSA) is 43.6 Å². The fourth-order valence-electron chi connectivity index (χ4n) is 3.33. The molecular formula is C16H17NO3. The largest absolute Gasteiger partial charge is 0.497 e. The molecule has 4 heteroatoms. The van der Waals surface area contributed by atoms with Crippen LogP contribution in [0.1, 0.15) is 29.9 Å². The Kier molecular flexibility index (Phi) is 2.70. The number of furan rings is 1. The summed E-state index contributed by atoms with van der Waals surface area (Å²) in [6, 6.07) is 10.2. The number of methoxy groups -OCH3 is 1. The van der Waals surface area contributed by atoms with E-state index >= 15 is 0 Å². The minimum absolute atomic E-state index is 0.122. The van der Waals surface area contributed by atoms with Gasteiger partial charge in [0.05, 0.1) is 25.5 Å². The molecule has 1 N–H and O–H groups in total. The lowest BCUT2D eigenvalue weighted by atomic mass is 9.83. The van der Waals surface area contributed by atoms with E-state index in [-0.39, 0.29) is 12.1 Å². The first-order chi connectivity index (χ1) is 9.86. The van der Waals surface area contributed by atoms with Crippen LogP contribution < -0.4 is 10.1 Å². The van der Waals surface area contributed by atoms with Gasteiger partial charge in [0.15, 0.2) is 0 Å². The van der Waals surface area contributed by atoms with Gasteiger partial charge in [-0.15, -0.1) is 0 Å². The van der Waals surface area contributed by atoms with Crippen molar-refractivity contribution < 1.29 is 13.9 Å². The Hall–Kier alpha value is -1.94. The van der Waals surface area contributed by atoms with Crippen LogP contribution in [0.3, 0.4) is 0 Å². The third-order valence-corrected chi connectivity index (χ3v) is 4.29. The molecule has 4 rings (SSSR count). The summed E-state index contributed by atoms with van der Waals surface area (Å²) in [4.78, 5) is 0. The summed E-state index contributed by atoms with van der Waals surface area (Å²) in [5, 5.41) is 3.59. The highest BCUT2D eigenvalue weighted by molar-refractivity contribution is 5.59. The summed E-state index contributed by atoms with van der Waals surface area (Å²) < 4.78 is 16.9. The highest BCUT2D eigenvalue weighted by Crippen LogP contribution is 2.50. The van der Waals surface area contributed by atoms with Crippen molar-refractivity contribution in [3.63, 3.8) is 0 Å². The van der Waals surface area contributed by atoms with Gasteiger partial charge in [-0.1, -0.05) is 0 Å². The van der Waals surface area contributed by atoms with Gasteiger partial charge in [0.25, 0.3) is 0 Å². The van der Waals surface area contributed by atoms with E-state index in [4.69, 9.17) is 13.9 Å². The molecule has 1 saturated heterocycles. The number of hydrogen-bond donors (Lipinski definition) is 1. The third-order valence-electron chi connectivity index (χ3n) is 4.29. The van der Waals surface area contributed by atoms with Crippen LogP contribution in [0.2, 0.25) is 0 Å². The summed E-state index contributed by atoms with van der Waals surface area (Å²) in [6.45, 7) is 0.796. The molecule has 2 aliphatic rings. The van der Waals surface area contributed by atoms with Crippen LogP contribution in [0.4, 0.5) is 5.69 Å². The number of rotatable bonds is 2. The predicted octanol–water partition coefficient (Wildman–Crippen LogP) is 3.53. The van der Waals surface area contributed by atoms with E-state index in [0.29, 0.717) is 5.92 Å². The molecule has 0 aliphatic carbocycles. The molecule has 104 valence electrons. The van der Waals surface area contributed by atoms with Crippen molar-refractivity contribution in [2.75, 3.05) is 19.0 Å². The maximum Gasteiger partial charge on any atom is 0.126 e. The van der Waals surface area contributed by atoms with Gasteiger partial charge in [-0.05, 0) is 36.8 Å². The summed E-state index contributed by atoms with van der Waals surface area (Å²) in [5.41, 5.74) is 2.30. The van der Waals surface area contributed by atoms with Gasteiger partial charge in [-0.25, -0.2) is 0 Å². The van der Waals surface area contributed by atoms with Gasteiger partial charge in [-0.2, -0.15) is 0 Å². The molecule has 2 aromatic rings. The first-order valence-corrected chi connectivity index (χ1v) is 6.96. The van der Waals surface area contributed by atoms with Crippen LogP contribution in [0.15, 0.2) is 41.0 Å². The zero-order valence-electron chi connectivity index (χ0n) is 11.3. The predicted molar refractivity (Wildman–Crippen MR) is 74.9 cm³/mol. The average Bonchev–Trinajstić information content (AvgIpc) is 3.17. The molecule has 0 radical (unpaired) electrons. The van der Waals surface area contributed by atoms with Crippen LogP contribution >= 0.6 is 0 Å². The fourth-order valence-corrected chi connectivity index (χ4v) is 3.33. The van der Waals surface area contributed by atoms with Crippen molar-refractivity contribution in [3.8, 4) is 5.75 Å². The molecule has 1 aromatic heterocycles. The molecule has 4 nitrogen and oxygen atoms in total. The second-order valence-electron chi connectivity index (χ2n) is 5.33. The summed E-state index contributed by atoms with van der Waals surface area (Å²) in [6.07, 6.45) is 2.89. The minimum atomic E-state index is 0.122. The van der Waals surface area contributed by atoms with E-state index in [1.165, 1.54) is 5.56 Å². The summed E-state index contributed by atoms with van der Waals surface area (Å²) in [5.74, 6) is 2.25. The highest BCUT2D eigenvalue weighted by Gasteiger charge is 2.42. The molecule has 0 unspecified atom stereocenters. The average molecular weight is 271 g/mol. The Balaban J connectivity index is 1.78. The van der Waals surface area contributed by atoms with Crippen LogP contribution in [-0.2, 0) is 4.74 Å². The van der Waals surface area contributed by atoms with Crippen LogP contribution in [0.25, 0.3) is 0 Å². The van der Waals surface area contributed by atoms with Gasteiger partial charge >= 0.3 is 0 Å². The number of nitrogens with one attached hydrogen (secondary N) is 1. The summed E-state index contributed by atoms with van der Waals surface area (Å²) >= 11 is 0. The minimum Gasteiger partial charge on any atom is -0.497 e. The molecule has 0 spiro atoms. The van der Waals surface area contributed by atoms with Gasteiger partial charge < -0.3 is 19.2 Å². The van der Waals surface area contributed by atoms with Crippen molar-refractivity contribution in [2.45, 2.75) is 18.6 Å². The molecule has 1 aromatic carbocycles. The van der Waals surface area contributed by atoms with E-state index in [1.54, 1.807) is 13.4 Å². The zero-order chi connectivity index (χ0) is 13.5. The van der Waals surface area contributed by atoms with Gasteiger partial charge in [0.1, 0.15) is 11.5 Å². The lowest BCUT2D eigenvalue weighted by molar-refractivity contribution is 0.0806. The van der Waals surface area contributed by atoms with Crippen LogP contribution in [0.5, 0.6) is 5.75 Å². The molecule has 3 heterocycles.